The van der Waals surface area contributed by atoms with Crippen LogP contribution in [0.3, 0.4) is 0 Å². The Balaban J connectivity index is 1.64. The number of fused-ring (bicyclic) bond motifs is 1. The number of benzene rings is 1. The molecule has 0 radical (unpaired) electrons. The summed E-state index contributed by atoms with van der Waals surface area (Å²) in [5.74, 6) is -0.0265. The lowest BCUT2D eigenvalue weighted by atomic mass is 10.1. The number of hydrogen-bond acceptors (Lipinski definition) is 3. The van der Waals surface area contributed by atoms with Gasteiger partial charge in [0, 0.05) is 25.2 Å². The molecule has 5 nitrogen and oxygen atoms in total. The van der Waals surface area contributed by atoms with Gasteiger partial charge in [-0.05, 0) is 57.3 Å². The van der Waals surface area contributed by atoms with Crippen LogP contribution in [0.5, 0.6) is 0 Å². The highest BCUT2D eigenvalue weighted by Gasteiger charge is 2.30. The van der Waals surface area contributed by atoms with Gasteiger partial charge in [0.15, 0.2) is 0 Å². The molecule has 0 spiro atoms. The molecule has 2 aliphatic rings. The highest BCUT2D eigenvalue weighted by atomic mass is 16.2. The Hall–Kier alpha value is -1.88. The van der Waals surface area contributed by atoms with E-state index in [9.17, 15) is 9.59 Å². The molecule has 0 bridgehead atoms. The summed E-state index contributed by atoms with van der Waals surface area (Å²) in [7, 11) is 0. The minimum Gasteiger partial charge on any atom is -0.353 e. The van der Waals surface area contributed by atoms with Crippen LogP contribution in [0, 0.1) is 0 Å². The largest absolute Gasteiger partial charge is 0.353 e. The van der Waals surface area contributed by atoms with Gasteiger partial charge in [-0.1, -0.05) is 18.2 Å². The summed E-state index contributed by atoms with van der Waals surface area (Å²) in [6.45, 7) is 5.62. The SMILES string of the molecule is CC(C(=O)NCCN1CCCC1)N1C(=O)CCCc2ccccc21. The van der Waals surface area contributed by atoms with Crippen LogP contribution in [0.4, 0.5) is 5.69 Å². The van der Waals surface area contributed by atoms with Crippen molar-refractivity contribution in [2.75, 3.05) is 31.1 Å². The molecular formula is C19H27N3O2. The third-order valence-corrected chi connectivity index (χ3v) is 5.05. The topological polar surface area (TPSA) is 52.7 Å². The van der Waals surface area contributed by atoms with E-state index in [0.717, 1.165) is 43.7 Å². The highest BCUT2D eigenvalue weighted by Crippen LogP contribution is 2.28. The molecule has 24 heavy (non-hydrogen) atoms. The minimum atomic E-state index is -0.477. The third-order valence-electron chi connectivity index (χ3n) is 5.05. The van der Waals surface area contributed by atoms with Crippen LogP contribution in [0.25, 0.3) is 0 Å². The molecule has 1 N–H and O–H groups in total. The van der Waals surface area contributed by atoms with E-state index < -0.39 is 6.04 Å². The van der Waals surface area contributed by atoms with E-state index in [0.29, 0.717) is 13.0 Å². The van der Waals surface area contributed by atoms with Crippen molar-refractivity contribution >= 4 is 17.5 Å². The lowest BCUT2D eigenvalue weighted by Gasteiger charge is -2.29. The Morgan fingerprint density at radius 3 is 2.71 bits per heavy atom. The molecule has 2 amide bonds. The maximum absolute atomic E-state index is 12.6. The van der Waals surface area contributed by atoms with Crippen LogP contribution < -0.4 is 10.2 Å². The zero-order chi connectivity index (χ0) is 16.9. The first-order chi connectivity index (χ1) is 11.7. The lowest BCUT2D eigenvalue weighted by molar-refractivity contribution is -0.126. The number of aryl methyl sites for hydroxylation is 1. The molecule has 3 rings (SSSR count). The maximum Gasteiger partial charge on any atom is 0.242 e. The first-order valence-corrected chi connectivity index (χ1v) is 9.07. The average molecular weight is 329 g/mol. The number of nitrogens with zero attached hydrogens (tertiary/aromatic N) is 2. The third kappa shape index (κ3) is 3.78. The van der Waals surface area contributed by atoms with Gasteiger partial charge in [0.1, 0.15) is 6.04 Å². The quantitative estimate of drug-likeness (QED) is 0.898. The summed E-state index contributed by atoms with van der Waals surface area (Å²) in [5, 5.41) is 3.00. The van der Waals surface area contributed by atoms with Gasteiger partial charge in [0.05, 0.1) is 0 Å². The zero-order valence-electron chi connectivity index (χ0n) is 14.5. The van der Waals surface area contributed by atoms with E-state index in [-0.39, 0.29) is 11.8 Å². The number of hydrogen-bond donors (Lipinski definition) is 1. The number of carbonyl (C=O) groups is 2. The van der Waals surface area contributed by atoms with Gasteiger partial charge >= 0.3 is 0 Å². The second-order valence-corrected chi connectivity index (χ2v) is 6.76. The van der Waals surface area contributed by atoms with Crippen LogP contribution in [0.15, 0.2) is 24.3 Å². The van der Waals surface area contributed by atoms with Crippen molar-refractivity contribution in [3.8, 4) is 0 Å². The fourth-order valence-corrected chi connectivity index (χ4v) is 3.68. The monoisotopic (exact) mass is 329 g/mol. The Morgan fingerprint density at radius 2 is 1.92 bits per heavy atom. The summed E-state index contributed by atoms with van der Waals surface area (Å²) in [5.41, 5.74) is 2.04. The lowest BCUT2D eigenvalue weighted by Crippen LogP contribution is -2.49. The van der Waals surface area contributed by atoms with E-state index >= 15 is 0 Å². The highest BCUT2D eigenvalue weighted by molar-refractivity contribution is 6.01. The summed E-state index contributed by atoms with van der Waals surface area (Å²) >= 11 is 0. The number of carbonyl (C=O) groups excluding carboxylic acids is 2. The van der Waals surface area contributed by atoms with Crippen molar-refractivity contribution in [1.82, 2.24) is 10.2 Å². The second kappa shape index (κ2) is 7.79. The molecule has 2 aliphatic heterocycles. The van der Waals surface area contributed by atoms with Crippen LogP contribution >= 0.6 is 0 Å². The van der Waals surface area contributed by atoms with E-state index in [4.69, 9.17) is 0 Å². The molecule has 1 atom stereocenters. The second-order valence-electron chi connectivity index (χ2n) is 6.76. The Bertz CT molecular complexity index is 596. The fourth-order valence-electron chi connectivity index (χ4n) is 3.68. The predicted octanol–water partition coefficient (Wildman–Crippen LogP) is 1.96. The van der Waals surface area contributed by atoms with E-state index in [2.05, 4.69) is 16.3 Å². The van der Waals surface area contributed by atoms with E-state index in [1.165, 1.54) is 12.8 Å². The molecule has 1 aromatic carbocycles. The summed E-state index contributed by atoms with van der Waals surface area (Å²) in [6, 6.07) is 7.46. The van der Waals surface area contributed by atoms with Crippen LogP contribution in [0.1, 0.15) is 38.2 Å². The Morgan fingerprint density at radius 1 is 1.17 bits per heavy atom. The summed E-state index contributed by atoms with van der Waals surface area (Å²) in [4.78, 5) is 29.2. The zero-order valence-corrected chi connectivity index (χ0v) is 14.5. The number of amides is 2. The van der Waals surface area contributed by atoms with Gasteiger partial charge in [-0.2, -0.15) is 0 Å². The number of rotatable bonds is 5. The normalized spacial score (nSPS) is 19.7. The first-order valence-electron chi connectivity index (χ1n) is 9.07. The van der Waals surface area contributed by atoms with E-state index in [1.54, 1.807) is 4.90 Å². The van der Waals surface area contributed by atoms with Gasteiger partial charge in [0.2, 0.25) is 11.8 Å². The molecule has 1 fully saturated rings. The molecule has 130 valence electrons. The number of likely N-dealkylation sites (tertiary alicyclic amines) is 1. The predicted molar refractivity (Wildman–Crippen MR) is 95.0 cm³/mol. The first kappa shape index (κ1) is 17.0. The molecule has 5 heteroatoms. The van der Waals surface area contributed by atoms with Gasteiger partial charge in [-0.15, -0.1) is 0 Å². The number of anilines is 1. The molecular weight excluding hydrogens is 302 g/mol. The summed E-state index contributed by atoms with van der Waals surface area (Å²) < 4.78 is 0. The number of para-hydroxylation sites is 1. The molecule has 0 saturated carbocycles. The van der Waals surface area contributed by atoms with Crippen molar-refractivity contribution in [2.24, 2.45) is 0 Å². The Kier molecular flexibility index (Phi) is 5.51. The van der Waals surface area contributed by atoms with Crippen LogP contribution in [0.2, 0.25) is 0 Å². The molecule has 1 saturated heterocycles. The number of nitrogens with one attached hydrogen (secondary N) is 1. The van der Waals surface area contributed by atoms with E-state index in [1.807, 2.05) is 25.1 Å². The fraction of sp³-hybridized carbons (Fsp3) is 0.579. The summed E-state index contributed by atoms with van der Waals surface area (Å²) in [6.07, 6.45) is 4.74. The molecule has 1 aromatic rings. The molecule has 1 unspecified atom stereocenters. The maximum atomic E-state index is 12.6. The molecule has 2 heterocycles. The average Bonchev–Trinajstić information content (AvgIpc) is 3.03. The molecule has 0 aliphatic carbocycles. The standard InChI is InChI=1S/C19H27N3O2/c1-15(19(24)20-11-14-21-12-4-5-13-21)22-17-9-3-2-7-16(17)8-6-10-18(22)23/h2-3,7,9,15H,4-6,8,10-14H2,1H3,(H,20,24). The van der Waals surface area contributed by atoms with Crippen LogP contribution in [-0.4, -0.2) is 48.9 Å². The smallest absolute Gasteiger partial charge is 0.242 e. The van der Waals surface area contributed by atoms with Crippen molar-refractivity contribution in [2.45, 2.75) is 45.1 Å². The molecule has 0 aromatic heterocycles. The van der Waals surface area contributed by atoms with Crippen molar-refractivity contribution in [3.05, 3.63) is 29.8 Å². The Labute approximate surface area is 144 Å². The van der Waals surface area contributed by atoms with Crippen molar-refractivity contribution in [1.29, 1.82) is 0 Å². The van der Waals surface area contributed by atoms with Gasteiger partial charge in [-0.25, -0.2) is 0 Å². The van der Waals surface area contributed by atoms with Crippen molar-refractivity contribution < 1.29 is 9.59 Å². The van der Waals surface area contributed by atoms with Crippen LogP contribution in [-0.2, 0) is 16.0 Å². The van der Waals surface area contributed by atoms with Gasteiger partial charge < -0.3 is 10.2 Å². The van der Waals surface area contributed by atoms with Gasteiger partial charge in [-0.3, -0.25) is 14.5 Å². The van der Waals surface area contributed by atoms with Crippen molar-refractivity contribution in [3.63, 3.8) is 0 Å². The van der Waals surface area contributed by atoms with Gasteiger partial charge in [0.25, 0.3) is 0 Å². The minimum absolute atomic E-state index is 0.0437.